The second kappa shape index (κ2) is 8.67. The van der Waals surface area contributed by atoms with Crippen molar-refractivity contribution in [2.45, 2.75) is 27.7 Å². The molecule has 2 N–H and O–H groups in total. The van der Waals surface area contributed by atoms with E-state index in [2.05, 4.69) is 4.98 Å². The summed E-state index contributed by atoms with van der Waals surface area (Å²) in [6.07, 6.45) is 0. The summed E-state index contributed by atoms with van der Waals surface area (Å²) in [5.41, 5.74) is 1.38. The van der Waals surface area contributed by atoms with Gasteiger partial charge in [-0.1, -0.05) is 70.2 Å². The lowest BCUT2D eigenvalue weighted by atomic mass is 10.0. The van der Waals surface area contributed by atoms with Crippen LogP contribution in [0.3, 0.4) is 0 Å². The van der Waals surface area contributed by atoms with E-state index in [1.54, 1.807) is 24.3 Å². The number of pyridine rings is 1. The Morgan fingerprint density at radius 2 is 1.36 bits per heavy atom. The van der Waals surface area contributed by atoms with Gasteiger partial charge in [0.15, 0.2) is 0 Å². The zero-order chi connectivity index (χ0) is 16.5. The normalized spacial score (nSPS) is 9.27. The molecule has 0 amide bonds. The fourth-order valence-corrected chi connectivity index (χ4v) is 2.10. The number of aromatic nitrogens is 1. The first kappa shape index (κ1) is 17.5. The highest BCUT2D eigenvalue weighted by molar-refractivity contribution is 5.91. The predicted octanol–water partition coefficient (Wildman–Crippen LogP) is 4.95. The van der Waals surface area contributed by atoms with Crippen LogP contribution in [0.4, 0.5) is 0 Å². The van der Waals surface area contributed by atoms with Crippen LogP contribution in [0.25, 0.3) is 22.0 Å². The van der Waals surface area contributed by atoms with Gasteiger partial charge in [-0.15, -0.1) is 0 Å². The zero-order valence-corrected chi connectivity index (χ0v) is 13.6. The average molecular weight is 297 g/mol. The van der Waals surface area contributed by atoms with Crippen molar-refractivity contribution in [1.29, 1.82) is 0 Å². The Kier molecular flexibility index (Phi) is 6.90. The average Bonchev–Trinajstić information content (AvgIpc) is 2.59. The minimum Gasteiger partial charge on any atom is -0.506 e. The lowest BCUT2D eigenvalue weighted by molar-refractivity contribution is 0.482. The molecular weight excluding hydrogens is 274 g/mol. The molecule has 0 saturated carbocycles. The molecule has 1 heterocycles. The highest BCUT2D eigenvalue weighted by atomic mass is 16.3. The van der Waals surface area contributed by atoms with Gasteiger partial charge in [0.2, 0.25) is 0 Å². The van der Waals surface area contributed by atoms with Gasteiger partial charge in [-0.05, 0) is 17.7 Å². The molecule has 3 heteroatoms. The van der Waals surface area contributed by atoms with Gasteiger partial charge in [0.25, 0.3) is 5.56 Å². The maximum atomic E-state index is 12.0. The number of hydrogen-bond donors (Lipinski definition) is 2. The van der Waals surface area contributed by atoms with E-state index in [9.17, 15) is 9.90 Å². The van der Waals surface area contributed by atoms with Crippen LogP contribution in [0, 0.1) is 0 Å². The Bertz CT molecular complexity index is 761. The van der Waals surface area contributed by atoms with Crippen molar-refractivity contribution in [3.63, 3.8) is 0 Å². The smallest absolute Gasteiger partial charge is 0.260 e. The van der Waals surface area contributed by atoms with Crippen LogP contribution in [0.15, 0.2) is 59.4 Å². The van der Waals surface area contributed by atoms with Crippen LogP contribution in [0.1, 0.15) is 27.7 Å². The Morgan fingerprint density at radius 3 is 2.00 bits per heavy atom. The third kappa shape index (κ3) is 3.55. The van der Waals surface area contributed by atoms with Crippen molar-refractivity contribution in [1.82, 2.24) is 4.98 Å². The number of hydrogen-bond acceptors (Lipinski definition) is 2. The molecule has 0 aliphatic rings. The van der Waals surface area contributed by atoms with E-state index in [4.69, 9.17) is 0 Å². The van der Waals surface area contributed by atoms with E-state index in [1.807, 2.05) is 58.0 Å². The van der Waals surface area contributed by atoms with Gasteiger partial charge in [0.1, 0.15) is 5.75 Å². The fourth-order valence-electron chi connectivity index (χ4n) is 2.10. The molecule has 116 valence electrons. The molecule has 22 heavy (non-hydrogen) atoms. The predicted molar refractivity (Wildman–Crippen MR) is 94.4 cm³/mol. The third-order valence-corrected chi connectivity index (χ3v) is 2.96. The molecule has 0 bridgehead atoms. The van der Waals surface area contributed by atoms with E-state index < -0.39 is 0 Å². The second-order valence-electron chi connectivity index (χ2n) is 4.09. The van der Waals surface area contributed by atoms with Crippen molar-refractivity contribution in [2.24, 2.45) is 0 Å². The van der Waals surface area contributed by atoms with Crippen molar-refractivity contribution < 1.29 is 5.11 Å². The van der Waals surface area contributed by atoms with Crippen LogP contribution >= 0.6 is 0 Å². The molecule has 0 saturated heterocycles. The number of H-pyrrole nitrogens is 1. The monoisotopic (exact) mass is 297 g/mol. The summed E-state index contributed by atoms with van der Waals surface area (Å²) in [6, 6.07) is 16.4. The Labute approximate surface area is 131 Å². The summed E-state index contributed by atoms with van der Waals surface area (Å²) in [4.78, 5) is 14.8. The molecule has 0 aliphatic heterocycles. The van der Waals surface area contributed by atoms with Gasteiger partial charge in [-0.3, -0.25) is 4.79 Å². The standard InChI is InChI=1S/C15H11NO2.2C2H6/c17-14-11-8-4-5-9-12(11)16-15(18)13(14)10-6-2-1-3-7-10;2*1-2/h1-9H,(H2,16,17,18);2*1-2H3. The minimum atomic E-state index is -0.280. The number of rotatable bonds is 1. The summed E-state index contributed by atoms with van der Waals surface area (Å²) in [5.74, 6) is 0.0283. The molecule has 0 unspecified atom stereocenters. The van der Waals surface area contributed by atoms with E-state index in [1.165, 1.54) is 0 Å². The topological polar surface area (TPSA) is 53.1 Å². The maximum absolute atomic E-state index is 12.0. The molecule has 1 aromatic heterocycles. The Hall–Kier alpha value is -2.55. The van der Waals surface area contributed by atoms with E-state index in [-0.39, 0.29) is 11.3 Å². The molecular formula is C19H23NO2. The number of aromatic amines is 1. The van der Waals surface area contributed by atoms with Crippen LogP contribution in [-0.4, -0.2) is 10.1 Å². The summed E-state index contributed by atoms with van der Waals surface area (Å²) >= 11 is 0. The van der Waals surface area contributed by atoms with Crippen LogP contribution in [0.2, 0.25) is 0 Å². The van der Waals surface area contributed by atoms with E-state index in [0.29, 0.717) is 22.0 Å². The highest BCUT2D eigenvalue weighted by Crippen LogP contribution is 2.31. The SMILES string of the molecule is CC.CC.O=c1[nH]c2ccccc2c(O)c1-c1ccccc1. The van der Waals surface area contributed by atoms with Crippen LogP contribution < -0.4 is 5.56 Å². The van der Waals surface area contributed by atoms with Crippen molar-refractivity contribution in [3.8, 4) is 16.9 Å². The zero-order valence-electron chi connectivity index (χ0n) is 13.6. The van der Waals surface area contributed by atoms with Crippen molar-refractivity contribution in [2.75, 3.05) is 0 Å². The molecule has 0 fully saturated rings. The molecule has 3 rings (SSSR count). The lowest BCUT2D eigenvalue weighted by Gasteiger charge is -2.07. The van der Waals surface area contributed by atoms with Gasteiger partial charge in [0, 0.05) is 5.39 Å². The summed E-state index contributed by atoms with van der Waals surface area (Å²) in [6.45, 7) is 8.00. The number of aromatic hydroxyl groups is 1. The van der Waals surface area contributed by atoms with E-state index >= 15 is 0 Å². The van der Waals surface area contributed by atoms with Gasteiger partial charge < -0.3 is 10.1 Å². The van der Waals surface area contributed by atoms with Gasteiger partial charge in [-0.2, -0.15) is 0 Å². The minimum absolute atomic E-state index is 0.0283. The number of nitrogens with one attached hydrogen (secondary N) is 1. The Balaban J connectivity index is 0.000000561. The maximum Gasteiger partial charge on any atom is 0.260 e. The van der Waals surface area contributed by atoms with Crippen LogP contribution in [0.5, 0.6) is 5.75 Å². The fraction of sp³-hybridized carbons (Fsp3) is 0.211. The molecule has 3 nitrogen and oxygen atoms in total. The first-order chi connectivity index (χ1) is 10.8. The first-order valence-electron chi connectivity index (χ1n) is 7.67. The quantitative estimate of drug-likeness (QED) is 0.667. The third-order valence-electron chi connectivity index (χ3n) is 2.96. The number of benzene rings is 2. The number of fused-ring (bicyclic) bond motifs is 1. The summed E-state index contributed by atoms with van der Waals surface area (Å²) in [7, 11) is 0. The number of para-hydroxylation sites is 1. The van der Waals surface area contributed by atoms with Crippen LogP contribution in [-0.2, 0) is 0 Å². The second-order valence-corrected chi connectivity index (χ2v) is 4.09. The first-order valence-corrected chi connectivity index (χ1v) is 7.67. The van der Waals surface area contributed by atoms with Gasteiger partial charge >= 0.3 is 0 Å². The van der Waals surface area contributed by atoms with Crippen molar-refractivity contribution >= 4 is 10.9 Å². The molecule has 3 aromatic rings. The summed E-state index contributed by atoms with van der Waals surface area (Å²) in [5, 5.41) is 10.9. The lowest BCUT2D eigenvalue weighted by Crippen LogP contribution is -2.09. The highest BCUT2D eigenvalue weighted by Gasteiger charge is 2.12. The molecule has 0 atom stereocenters. The molecule has 2 aromatic carbocycles. The molecule has 0 radical (unpaired) electrons. The molecule has 0 aliphatic carbocycles. The summed E-state index contributed by atoms with van der Waals surface area (Å²) < 4.78 is 0. The van der Waals surface area contributed by atoms with E-state index in [0.717, 1.165) is 0 Å². The van der Waals surface area contributed by atoms with Gasteiger partial charge in [-0.25, -0.2) is 0 Å². The largest absolute Gasteiger partial charge is 0.506 e. The van der Waals surface area contributed by atoms with Gasteiger partial charge in [0.05, 0.1) is 11.1 Å². The molecule has 0 spiro atoms. The van der Waals surface area contributed by atoms with Crippen molar-refractivity contribution in [3.05, 3.63) is 65.0 Å². The Morgan fingerprint density at radius 1 is 0.818 bits per heavy atom.